The van der Waals surface area contributed by atoms with Gasteiger partial charge in [0.2, 0.25) is 0 Å². The van der Waals surface area contributed by atoms with Crippen molar-refractivity contribution in [2.75, 3.05) is 26.2 Å². The number of hydrogen-bond donors (Lipinski definition) is 1. The Bertz CT molecular complexity index is 406. The van der Waals surface area contributed by atoms with Gasteiger partial charge in [-0.3, -0.25) is 0 Å². The molecule has 0 aliphatic carbocycles. The van der Waals surface area contributed by atoms with Crippen molar-refractivity contribution < 1.29 is 13.2 Å². The summed E-state index contributed by atoms with van der Waals surface area (Å²) < 4.78 is 37.3. The van der Waals surface area contributed by atoms with Gasteiger partial charge in [-0.15, -0.1) is 0 Å². The van der Waals surface area contributed by atoms with Gasteiger partial charge in [0.05, 0.1) is 5.56 Å². The Kier molecular flexibility index (Phi) is 5.05. The fraction of sp³-hybridized carbons (Fsp3) is 0.600. The zero-order chi connectivity index (χ0) is 14.6. The van der Waals surface area contributed by atoms with Crippen molar-refractivity contribution in [3.05, 3.63) is 35.4 Å². The largest absolute Gasteiger partial charge is 0.416 e. The number of piperidine rings is 1. The second-order valence-electron chi connectivity index (χ2n) is 5.47. The van der Waals surface area contributed by atoms with Crippen molar-refractivity contribution in [3.63, 3.8) is 0 Å². The molecule has 20 heavy (non-hydrogen) atoms. The number of nitrogens with two attached hydrogens (primary N) is 1. The van der Waals surface area contributed by atoms with Gasteiger partial charge >= 0.3 is 6.18 Å². The number of benzene rings is 1. The van der Waals surface area contributed by atoms with Crippen LogP contribution in [0.15, 0.2) is 24.3 Å². The van der Waals surface area contributed by atoms with E-state index in [4.69, 9.17) is 5.73 Å². The summed E-state index contributed by atoms with van der Waals surface area (Å²) in [5, 5.41) is 0. The Morgan fingerprint density at radius 3 is 2.20 bits per heavy atom. The van der Waals surface area contributed by atoms with Crippen LogP contribution in [0.5, 0.6) is 0 Å². The second kappa shape index (κ2) is 6.59. The van der Waals surface area contributed by atoms with Gasteiger partial charge in [-0.05, 0) is 62.5 Å². The molecular weight excluding hydrogens is 265 g/mol. The van der Waals surface area contributed by atoms with E-state index in [-0.39, 0.29) is 0 Å². The molecule has 1 saturated heterocycles. The number of rotatable bonds is 4. The third-order valence-corrected chi connectivity index (χ3v) is 4.04. The van der Waals surface area contributed by atoms with Crippen LogP contribution >= 0.6 is 0 Å². The van der Waals surface area contributed by atoms with Crippen LogP contribution in [0.1, 0.15) is 24.0 Å². The standard InChI is InChI=1S/C15H21F3N2/c16-15(17,18)14-3-1-12(2-4-14)5-8-20-9-6-13(11-19)7-10-20/h1-4,13H,5-11,19H2. The zero-order valence-corrected chi connectivity index (χ0v) is 11.5. The number of halogens is 3. The maximum Gasteiger partial charge on any atom is 0.416 e. The highest BCUT2D eigenvalue weighted by atomic mass is 19.4. The van der Waals surface area contributed by atoms with Crippen molar-refractivity contribution in [1.82, 2.24) is 4.90 Å². The summed E-state index contributed by atoms with van der Waals surface area (Å²) in [6.45, 7) is 3.75. The van der Waals surface area contributed by atoms with Gasteiger partial charge < -0.3 is 10.6 Å². The summed E-state index contributed by atoms with van der Waals surface area (Å²) in [4.78, 5) is 2.36. The lowest BCUT2D eigenvalue weighted by Crippen LogP contribution is -2.37. The summed E-state index contributed by atoms with van der Waals surface area (Å²) in [7, 11) is 0. The average Bonchev–Trinajstić information content (AvgIpc) is 2.45. The van der Waals surface area contributed by atoms with Gasteiger partial charge in [-0.25, -0.2) is 0 Å². The molecule has 1 fully saturated rings. The third-order valence-electron chi connectivity index (χ3n) is 4.04. The van der Waals surface area contributed by atoms with Crippen LogP contribution in [0.2, 0.25) is 0 Å². The zero-order valence-electron chi connectivity index (χ0n) is 11.5. The smallest absolute Gasteiger partial charge is 0.330 e. The first-order valence-electron chi connectivity index (χ1n) is 7.07. The molecular formula is C15H21F3N2. The van der Waals surface area contributed by atoms with Crippen LogP contribution in [0, 0.1) is 5.92 Å². The molecule has 1 aromatic rings. The van der Waals surface area contributed by atoms with Gasteiger partial charge in [-0.1, -0.05) is 12.1 Å². The van der Waals surface area contributed by atoms with Crippen molar-refractivity contribution in [2.24, 2.45) is 11.7 Å². The molecule has 2 nitrogen and oxygen atoms in total. The minimum absolute atomic E-state index is 0.579. The van der Waals surface area contributed by atoms with Crippen LogP contribution in [-0.4, -0.2) is 31.1 Å². The second-order valence-corrected chi connectivity index (χ2v) is 5.47. The molecule has 0 bridgehead atoms. The third kappa shape index (κ3) is 4.21. The molecule has 112 valence electrons. The van der Waals surface area contributed by atoms with E-state index in [0.717, 1.165) is 63.1 Å². The maximum atomic E-state index is 12.4. The first-order chi connectivity index (χ1) is 9.49. The first kappa shape index (κ1) is 15.3. The average molecular weight is 286 g/mol. The predicted octanol–water partition coefficient (Wildman–Crippen LogP) is 2.92. The molecule has 0 aromatic heterocycles. The number of nitrogens with zero attached hydrogens (tertiary/aromatic N) is 1. The number of likely N-dealkylation sites (tertiary alicyclic amines) is 1. The van der Waals surface area contributed by atoms with E-state index in [1.807, 2.05) is 0 Å². The SMILES string of the molecule is NCC1CCN(CCc2ccc(C(F)(F)F)cc2)CC1. The summed E-state index contributed by atoms with van der Waals surface area (Å²) in [5.74, 6) is 0.636. The molecule has 1 aliphatic rings. The molecule has 0 unspecified atom stereocenters. The Morgan fingerprint density at radius 2 is 1.70 bits per heavy atom. The molecule has 0 radical (unpaired) electrons. The van der Waals surface area contributed by atoms with E-state index in [1.54, 1.807) is 12.1 Å². The Labute approximate surface area is 117 Å². The lowest BCUT2D eigenvalue weighted by Gasteiger charge is -2.31. The van der Waals surface area contributed by atoms with Crippen molar-refractivity contribution in [1.29, 1.82) is 0 Å². The van der Waals surface area contributed by atoms with Gasteiger partial charge in [0.25, 0.3) is 0 Å². The summed E-state index contributed by atoms with van der Waals surface area (Å²) in [6.07, 6.45) is -1.19. The van der Waals surface area contributed by atoms with E-state index in [0.29, 0.717) is 5.92 Å². The lowest BCUT2D eigenvalue weighted by molar-refractivity contribution is -0.137. The number of alkyl halides is 3. The predicted molar refractivity (Wildman–Crippen MR) is 73.4 cm³/mol. The fourth-order valence-electron chi connectivity index (χ4n) is 2.59. The number of hydrogen-bond acceptors (Lipinski definition) is 2. The molecule has 2 N–H and O–H groups in total. The van der Waals surface area contributed by atoms with Crippen molar-refractivity contribution in [3.8, 4) is 0 Å². The Morgan fingerprint density at radius 1 is 1.10 bits per heavy atom. The highest BCUT2D eigenvalue weighted by Crippen LogP contribution is 2.29. The van der Waals surface area contributed by atoms with Gasteiger partial charge in [-0.2, -0.15) is 13.2 Å². The molecule has 1 heterocycles. The molecule has 0 amide bonds. The quantitative estimate of drug-likeness (QED) is 0.922. The van der Waals surface area contributed by atoms with E-state index in [2.05, 4.69) is 4.90 Å². The molecule has 5 heteroatoms. The molecule has 0 saturated carbocycles. The van der Waals surface area contributed by atoms with E-state index < -0.39 is 11.7 Å². The van der Waals surface area contributed by atoms with Gasteiger partial charge in [0.1, 0.15) is 0 Å². The fourth-order valence-corrected chi connectivity index (χ4v) is 2.59. The van der Waals surface area contributed by atoms with Gasteiger partial charge in [0, 0.05) is 6.54 Å². The van der Waals surface area contributed by atoms with E-state index in [1.165, 1.54) is 0 Å². The van der Waals surface area contributed by atoms with Crippen LogP contribution < -0.4 is 5.73 Å². The molecule has 1 aromatic carbocycles. The molecule has 0 spiro atoms. The highest BCUT2D eigenvalue weighted by molar-refractivity contribution is 5.24. The van der Waals surface area contributed by atoms with E-state index in [9.17, 15) is 13.2 Å². The van der Waals surface area contributed by atoms with E-state index >= 15 is 0 Å². The van der Waals surface area contributed by atoms with Crippen molar-refractivity contribution in [2.45, 2.75) is 25.4 Å². The van der Waals surface area contributed by atoms with Crippen LogP contribution in [-0.2, 0) is 12.6 Å². The normalized spacial score (nSPS) is 18.4. The topological polar surface area (TPSA) is 29.3 Å². The van der Waals surface area contributed by atoms with Crippen LogP contribution in [0.3, 0.4) is 0 Å². The first-order valence-corrected chi connectivity index (χ1v) is 7.07. The van der Waals surface area contributed by atoms with Crippen LogP contribution in [0.4, 0.5) is 13.2 Å². The minimum atomic E-state index is -4.25. The summed E-state index contributed by atoms with van der Waals surface area (Å²) >= 11 is 0. The summed E-state index contributed by atoms with van der Waals surface area (Å²) in [6, 6.07) is 5.48. The summed E-state index contributed by atoms with van der Waals surface area (Å²) in [5.41, 5.74) is 6.03. The minimum Gasteiger partial charge on any atom is -0.330 e. The Hall–Kier alpha value is -1.07. The Balaban J connectivity index is 1.80. The van der Waals surface area contributed by atoms with Gasteiger partial charge in [0.15, 0.2) is 0 Å². The highest BCUT2D eigenvalue weighted by Gasteiger charge is 2.29. The molecule has 1 aliphatic heterocycles. The molecule has 0 atom stereocenters. The van der Waals surface area contributed by atoms with Crippen molar-refractivity contribution >= 4 is 0 Å². The maximum absolute atomic E-state index is 12.4. The monoisotopic (exact) mass is 286 g/mol. The molecule has 2 rings (SSSR count). The lowest BCUT2D eigenvalue weighted by atomic mass is 9.97. The van der Waals surface area contributed by atoms with Crippen LogP contribution in [0.25, 0.3) is 0 Å².